The molecule has 2 N–H and O–H groups in total. The summed E-state index contributed by atoms with van der Waals surface area (Å²) < 4.78 is 5.96. The zero-order valence-corrected chi connectivity index (χ0v) is 13.3. The van der Waals surface area contributed by atoms with Gasteiger partial charge in [-0.2, -0.15) is 0 Å². The fourth-order valence-corrected chi connectivity index (χ4v) is 2.12. The van der Waals surface area contributed by atoms with Crippen LogP contribution in [0, 0.1) is 6.92 Å². The third-order valence-electron chi connectivity index (χ3n) is 3.84. The van der Waals surface area contributed by atoms with Gasteiger partial charge in [-0.25, -0.2) is 0 Å². The number of rotatable bonds is 9. The lowest BCUT2D eigenvalue weighted by Crippen LogP contribution is -2.34. The molecule has 0 heterocycles. The highest BCUT2D eigenvalue weighted by molar-refractivity contribution is 5.40. The van der Waals surface area contributed by atoms with Gasteiger partial charge in [0.1, 0.15) is 12.4 Å². The lowest BCUT2D eigenvalue weighted by atomic mass is 9.99. The second kappa shape index (κ2) is 8.28. The molecular weight excluding hydrogens is 250 g/mol. The van der Waals surface area contributed by atoms with Gasteiger partial charge in [-0.05, 0) is 38.3 Å². The highest BCUT2D eigenvalue weighted by atomic mass is 16.5. The Labute approximate surface area is 123 Å². The summed E-state index contributed by atoms with van der Waals surface area (Å²) in [6.45, 7) is 10.4. The minimum absolute atomic E-state index is 0.353. The standard InChI is InChI=1S/C17H29NO2/c1-5-11-18-12-15-10-8-9-14(4)16(15)20-13-17(19,6-2)7-3/h8-10,18-19H,5-7,11-13H2,1-4H3. The molecule has 0 aliphatic rings. The van der Waals surface area contributed by atoms with Gasteiger partial charge in [0, 0.05) is 12.1 Å². The van der Waals surface area contributed by atoms with Crippen molar-refractivity contribution in [2.75, 3.05) is 13.2 Å². The van der Waals surface area contributed by atoms with E-state index in [9.17, 15) is 5.11 Å². The van der Waals surface area contributed by atoms with Gasteiger partial charge in [-0.15, -0.1) is 0 Å². The van der Waals surface area contributed by atoms with Crippen LogP contribution in [0.3, 0.4) is 0 Å². The van der Waals surface area contributed by atoms with Crippen molar-refractivity contribution in [1.82, 2.24) is 5.32 Å². The maximum Gasteiger partial charge on any atom is 0.126 e. The van der Waals surface area contributed by atoms with Crippen LogP contribution in [-0.4, -0.2) is 23.9 Å². The van der Waals surface area contributed by atoms with Crippen molar-refractivity contribution in [2.45, 2.75) is 59.1 Å². The van der Waals surface area contributed by atoms with Gasteiger partial charge >= 0.3 is 0 Å². The van der Waals surface area contributed by atoms with E-state index in [-0.39, 0.29) is 0 Å². The summed E-state index contributed by atoms with van der Waals surface area (Å²) >= 11 is 0. The SMILES string of the molecule is CCCNCc1cccc(C)c1OCC(O)(CC)CC. The van der Waals surface area contributed by atoms with E-state index in [0.29, 0.717) is 19.4 Å². The van der Waals surface area contributed by atoms with E-state index >= 15 is 0 Å². The molecule has 0 aliphatic carbocycles. The first-order valence-electron chi connectivity index (χ1n) is 7.70. The summed E-state index contributed by atoms with van der Waals surface area (Å²) in [6, 6.07) is 6.19. The molecule has 0 amide bonds. The number of aliphatic hydroxyl groups is 1. The van der Waals surface area contributed by atoms with E-state index in [2.05, 4.69) is 37.4 Å². The van der Waals surface area contributed by atoms with Crippen molar-refractivity contribution < 1.29 is 9.84 Å². The molecule has 3 heteroatoms. The number of aryl methyl sites for hydroxylation is 1. The molecule has 3 nitrogen and oxygen atoms in total. The Bertz CT molecular complexity index is 400. The Morgan fingerprint density at radius 1 is 1.20 bits per heavy atom. The van der Waals surface area contributed by atoms with Crippen molar-refractivity contribution in [3.63, 3.8) is 0 Å². The van der Waals surface area contributed by atoms with Crippen LogP contribution in [-0.2, 0) is 6.54 Å². The number of benzene rings is 1. The average molecular weight is 279 g/mol. The molecule has 1 aromatic carbocycles. The smallest absolute Gasteiger partial charge is 0.126 e. The maximum absolute atomic E-state index is 10.3. The molecule has 20 heavy (non-hydrogen) atoms. The summed E-state index contributed by atoms with van der Waals surface area (Å²) in [5.74, 6) is 0.913. The lowest BCUT2D eigenvalue weighted by Gasteiger charge is -2.26. The van der Waals surface area contributed by atoms with Crippen molar-refractivity contribution in [2.24, 2.45) is 0 Å². The number of hydrogen-bond acceptors (Lipinski definition) is 3. The molecule has 1 rings (SSSR count). The average Bonchev–Trinajstić information content (AvgIpc) is 2.46. The van der Waals surface area contributed by atoms with Crippen LogP contribution < -0.4 is 10.1 Å². The molecule has 0 aromatic heterocycles. The highest BCUT2D eigenvalue weighted by Crippen LogP contribution is 2.25. The summed E-state index contributed by atoms with van der Waals surface area (Å²) in [4.78, 5) is 0. The number of ether oxygens (including phenoxy) is 1. The Morgan fingerprint density at radius 2 is 1.90 bits per heavy atom. The van der Waals surface area contributed by atoms with E-state index in [4.69, 9.17) is 4.74 Å². The van der Waals surface area contributed by atoms with Crippen molar-refractivity contribution >= 4 is 0 Å². The molecule has 0 spiro atoms. The molecule has 0 saturated carbocycles. The predicted octanol–water partition coefficient (Wildman–Crippen LogP) is 3.42. The number of nitrogens with one attached hydrogen (secondary N) is 1. The Hall–Kier alpha value is -1.06. The van der Waals surface area contributed by atoms with Gasteiger partial charge in [-0.1, -0.05) is 39.0 Å². The fraction of sp³-hybridized carbons (Fsp3) is 0.647. The molecule has 0 radical (unpaired) electrons. The Balaban J connectivity index is 2.77. The van der Waals surface area contributed by atoms with Crippen LogP contribution in [0.4, 0.5) is 0 Å². The summed E-state index contributed by atoms with van der Waals surface area (Å²) in [7, 11) is 0. The molecule has 0 bridgehead atoms. The topological polar surface area (TPSA) is 41.5 Å². The largest absolute Gasteiger partial charge is 0.490 e. The lowest BCUT2D eigenvalue weighted by molar-refractivity contribution is -0.0117. The number of hydrogen-bond donors (Lipinski definition) is 2. The minimum Gasteiger partial charge on any atom is -0.490 e. The second-order valence-corrected chi connectivity index (χ2v) is 5.46. The van der Waals surface area contributed by atoms with Crippen LogP contribution in [0.15, 0.2) is 18.2 Å². The van der Waals surface area contributed by atoms with Gasteiger partial charge in [0.05, 0.1) is 5.60 Å². The van der Waals surface area contributed by atoms with Crippen LogP contribution in [0.1, 0.15) is 51.2 Å². The van der Waals surface area contributed by atoms with E-state index in [1.807, 2.05) is 13.8 Å². The second-order valence-electron chi connectivity index (χ2n) is 5.46. The van der Waals surface area contributed by atoms with Crippen molar-refractivity contribution in [3.05, 3.63) is 29.3 Å². The summed E-state index contributed by atoms with van der Waals surface area (Å²) in [5, 5.41) is 13.7. The monoisotopic (exact) mass is 279 g/mol. The highest BCUT2D eigenvalue weighted by Gasteiger charge is 2.23. The molecule has 1 aromatic rings. The van der Waals surface area contributed by atoms with Gasteiger partial charge < -0.3 is 15.2 Å². The quantitative estimate of drug-likeness (QED) is 0.681. The van der Waals surface area contributed by atoms with Crippen LogP contribution >= 0.6 is 0 Å². The third-order valence-corrected chi connectivity index (χ3v) is 3.84. The first-order chi connectivity index (χ1) is 9.56. The molecule has 0 aliphatic heterocycles. The Morgan fingerprint density at radius 3 is 2.50 bits per heavy atom. The zero-order valence-electron chi connectivity index (χ0n) is 13.3. The Kier molecular flexibility index (Phi) is 7.03. The third kappa shape index (κ3) is 4.80. The van der Waals surface area contributed by atoms with E-state index in [0.717, 1.165) is 36.4 Å². The summed E-state index contributed by atoms with van der Waals surface area (Å²) in [5.41, 5.74) is 1.56. The van der Waals surface area contributed by atoms with Crippen molar-refractivity contribution in [3.8, 4) is 5.75 Å². The van der Waals surface area contributed by atoms with Gasteiger partial charge in [0.15, 0.2) is 0 Å². The zero-order chi connectivity index (χ0) is 15.0. The molecule has 114 valence electrons. The van der Waals surface area contributed by atoms with Crippen LogP contribution in [0.25, 0.3) is 0 Å². The van der Waals surface area contributed by atoms with Gasteiger partial charge in [0.2, 0.25) is 0 Å². The van der Waals surface area contributed by atoms with E-state index in [1.54, 1.807) is 0 Å². The molecule has 0 saturated heterocycles. The van der Waals surface area contributed by atoms with Crippen LogP contribution in [0.2, 0.25) is 0 Å². The fourth-order valence-electron chi connectivity index (χ4n) is 2.12. The van der Waals surface area contributed by atoms with Gasteiger partial charge in [0.25, 0.3) is 0 Å². The number of para-hydroxylation sites is 1. The van der Waals surface area contributed by atoms with E-state index < -0.39 is 5.60 Å². The maximum atomic E-state index is 10.3. The molecule has 0 fully saturated rings. The molecular formula is C17H29NO2. The predicted molar refractivity (Wildman–Crippen MR) is 84.2 cm³/mol. The van der Waals surface area contributed by atoms with E-state index in [1.165, 1.54) is 0 Å². The minimum atomic E-state index is -0.726. The normalized spacial score (nSPS) is 11.7. The van der Waals surface area contributed by atoms with Gasteiger partial charge in [-0.3, -0.25) is 0 Å². The first kappa shape index (κ1) is 17.0. The molecule has 0 unspecified atom stereocenters. The van der Waals surface area contributed by atoms with Crippen molar-refractivity contribution in [1.29, 1.82) is 0 Å². The first-order valence-corrected chi connectivity index (χ1v) is 7.70. The molecule has 0 atom stereocenters. The van der Waals surface area contributed by atoms with Crippen LogP contribution in [0.5, 0.6) is 5.75 Å². The summed E-state index contributed by atoms with van der Waals surface area (Å²) in [6.07, 6.45) is 2.53.